The molecule has 0 bridgehead atoms. The summed E-state index contributed by atoms with van der Waals surface area (Å²) >= 11 is 9.30. The van der Waals surface area contributed by atoms with Gasteiger partial charge in [-0.1, -0.05) is 41.9 Å². The summed E-state index contributed by atoms with van der Waals surface area (Å²) in [7, 11) is 0. The Hall–Kier alpha value is -1.52. The molecule has 1 heterocycles. The van der Waals surface area contributed by atoms with E-state index in [1.54, 1.807) is 18.2 Å². The second-order valence-electron chi connectivity index (χ2n) is 5.52. The molecule has 0 spiro atoms. The Bertz CT molecular complexity index is 693. The van der Waals surface area contributed by atoms with Crippen molar-refractivity contribution in [3.8, 4) is 5.75 Å². The van der Waals surface area contributed by atoms with Crippen LogP contribution in [0.5, 0.6) is 5.75 Å². The summed E-state index contributed by atoms with van der Waals surface area (Å²) in [6.45, 7) is 0.813. The number of hydrogen-bond donors (Lipinski definition) is 0. The van der Waals surface area contributed by atoms with Crippen molar-refractivity contribution in [1.29, 1.82) is 0 Å². The number of benzene rings is 2. The van der Waals surface area contributed by atoms with E-state index in [1.165, 1.54) is 5.56 Å². The summed E-state index contributed by atoms with van der Waals surface area (Å²) in [5, 5.41) is 0.624. The number of carbonyl (C=O) groups excluding carboxylic acids is 1. The van der Waals surface area contributed by atoms with Crippen LogP contribution in [0.15, 0.2) is 53.0 Å². The van der Waals surface area contributed by atoms with Crippen LogP contribution in [0, 0.1) is 0 Å². The number of halogens is 2. The van der Waals surface area contributed by atoms with Crippen LogP contribution < -0.4 is 4.74 Å². The lowest BCUT2D eigenvalue weighted by Gasteiger charge is -2.25. The van der Waals surface area contributed by atoms with E-state index in [2.05, 4.69) is 28.1 Å². The third-order valence-electron chi connectivity index (χ3n) is 4.00. The second-order valence-corrected chi connectivity index (χ2v) is 6.81. The first kappa shape index (κ1) is 16.3. The van der Waals surface area contributed by atoms with Crippen molar-refractivity contribution >= 4 is 33.4 Å². The molecule has 120 valence electrons. The fraction of sp³-hybridized carbons (Fsp3) is 0.278. The van der Waals surface area contributed by atoms with E-state index >= 15 is 0 Å². The normalized spacial score (nSPS) is 17.3. The minimum absolute atomic E-state index is 0.0122. The molecule has 2 aromatic rings. The van der Waals surface area contributed by atoms with Crippen molar-refractivity contribution in [2.45, 2.75) is 18.9 Å². The molecule has 0 radical (unpaired) electrons. The third kappa shape index (κ3) is 3.88. The lowest BCUT2D eigenvalue weighted by Crippen LogP contribution is -2.34. The summed E-state index contributed by atoms with van der Waals surface area (Å²) in [5.41, 5.74) is 1.19. The molecule has 0 saturated carbocycles. The van der Waals surface area contributed by atoms with Gasteiger partial charge in [0.2, 0.25) is 0 Å². The van der Waals surface area contributed by atoms with Crippen LogP contribution >= 0.6 is 27.5 Å². The SMILES string of the molecule is O=C(COc1ccc(Cl)cc1Br)N1CCC[C@H]1c1ccccc1. The molecular weight excluding hydrogens is 378 g/mol. The van der Waals surface area contributed by atoms with Crippen molar-refractivity contribution in [3.05, 3.63) is 63.6 Å². The molecule has 3 rings (SSSR count). The summed E-state index contributed by atoms with van der Waals surface area (Å²) in [6.07, 6.45) is 2.02. The van der Waals surface area contributed by atoms with Gasteiger partial charge in [0.05, 0.1) is 10.5 Å². The Labute approximate surface area is 149 Å². The van der Waals surface area contributed by atoms with E-state index in [9.17, 15) is 4.79 Å². The van der Waals surface area contributed by atoms with Gasteiger partial charge in [0, 0.05) is 11.6 Å². The zero-order valence-electron chi connectivity index (χ0n) is 12.5. The van der Waals surface area contributed by atoms with Crippen molar-refractivity contribution in [1.82, 2.24) is 4.90 Å². The lowest BCUT2D eigenvalue weighted by molar-refractivity contribution is -0.134. The quantitative estimate of drug-likeness (QED) is 0.742. The average Bonchev–Trinajstić information content (AvgIpc) is 3.04. The Kier molecular flexibility index (Phi) is 5.23. The largest absolute Gasteiger partial charge is 0.483 e. The van der Waals surface area contributed by atoms with Crippen molar-refractivity contribution < 1.29 is 9.53 Å². The second kappa shape index (κ2) is 7.37. The number of nitrogens with zero attached hydrogens (tertiary/aromatic N) is 1. The Morgan fingerprint density at radius 3 is 2.78 bits per heavy atom. The van der Waals surface area contributed by atoms with Crippen molar-refractivity contribution in [2.75, 3.05) is 13.2 Å². The zero-order valence-corrected chi connectivity index (χ0v) is 14.9. The number of ether oxygens (including phenoxy) is 1. The zero-order chi connectivity index (χ0) is 16.2. The molecule has 1 amide bonds. The van der Waals surface area contributed by atoms with Crippen LogP contribution in [0.1, 0.15) is 24.4 Å². The summed E-state index contributed by atoms with van der Waals surface area (Å²) in [4.78, 5) is 14.5. The summed E-state index contributed by atoms with van der Waals surface area (Å²) in [6, 6.07) is 15.6. The van der Waals surface area contributed by atoms with Gasteiger partial charge in [0.1, 0.15) is 5.75 Å². The van der Waals surface area contributed by atoms with Gasteiger partial charge >= 0.3 is 0 Å². The lowest BCUT2D eigenvalue weighted by atomic mass is 10.0. The molecule has 1 saturated heterocycles. The molecule has 0 aromatic heterocycles. The fourth-order valence-electron chi connectivity index (χ4n) is 2.90. The number of likely N-dealkylation sites (tertiary alicyclic amines) is 1. The van der Waals surface area contributed by atoms with Gasteiger partial charge in [-0.15, -0.1) is 0 Å². The Balaban J connectivity index is 1.65. The molecule has 1 aliphatic rings. The molecule has 23 heavy (non-hydrogen) atoms. The highest BCUT2D eigenvalue weighted by atomic mass is 79.9. The highest BCUT2D eigenvalue weighted by molar-refractivity contribution is 9.10. The van der Waals surface area contributed by atoms with Gasteiger partial charge in [-0.2, -0.15) is 0 Å². The molecule has 5 heteroatoms. The predicted octanol–water partition coefficient (Wildman–Crippen LogP) is 4.85. The number of amides is 1. The molecule has 0 N–H and O–H groups in total. The van der Waals surface area contributed by atoms with Crippen LogP contribution in [0.3, 0.4) is 0 Å². The maximum Gasteiger partial charge on any atom is 0.261 e. The smallest absolute Gasteiger partial charge is 0.261 e. The summed E-state index contributed by atoms with van der Waals surface area (Å²) in [5.74, 6) is 0.636. The van der Waals surface area contributed by atoms with Crippen molar-refractivity contribution in [2.24, 2.45) is 0 Å². The molecule has 1 aliphatic heterocycles. The topological polar surface area (TPSA) is 29.5 Å². The van der Waals surface area contributed by atoms with Crippen LogP contribution in [-0.4, -0.2) is 24.0 Å². The van der Waals surface area contributed by atoms with Crippen LogP contribution in [0.25, 0.3) is 0 Å². The molecule has 1 fully saturated rings. The van der Waals surface area contributed by atoms with Gasteiger partial charge in [-0.3, -0.25) is 4.79 Å². The van der Waals surface area contributed by atoms with Crippen LogP contribution in [0.2, 0.25) is 5.02 Å². The van der Waals surface area contributed by atoms with Gasteiger partial charge in [-0.25, -0.2) is 0 Å². The highest BCUT2D eigenvalue weighted by Gasteiger charge is 2.29. The average molecular weight is 395 g/mol. The summed E-state index contributed by atoms with van der Waals surface area (Å²) < 4.78 is 6.40. The predicted molar refractivity (Wildman–Crippen MR) is 94.8 cm³/mol. The van der Waals surface area contributed by atoms with E-state index in [-0.39, 0.29) is 18.6 Å². The van der Waals surface area contributed by atoms with E-state index in [0.29, 0.717) is 10.8 Å². The number of carbonyl (C=O) groups is 1. The molecule has 0 unspecified atom stereocenters. The third-order valence-corrected chi connectivity index (χ3v) is 4.86. The minimum Gasteiger partial charge on any atom is -0.483 e. The minimum atomic E-state index is 0.0122. The maximum atomic E-state index is 12.5. The molecule has 1 atom stereocenters. The standard InChI is InChI=1S/C18H17BrClNO2/c19-15-11-14(20)8-9-17(15)23-12-18(22)21-10-4-7-16(21)13-5-2-1-3-6-13/h1-3,5-6,8-9,11,16H,4,7,10,12H2/t16-/m0/s1. The molecule has 3 nitrogen and oxygen atoms in total. The van der Waals surface area contributed by atoms with Gasteiger partial charge < -0.3 is 9.64 Å². The van der Waals surface area contributed by atoms with E-state index < -0.39 is 0 Å². The molecule has 2 aromatic carbocycles. The molecular formula is C18H17BrClNO2. The van der Waals surface area contributed by atoms with Crippen LogP contribution in [0.4, 0.5) is 0 Å². The first-order valence-electron chi connectivity index (χ1n) is 7.57. The first-order chi connectivity index (χ1) is 11.1. The Morgan fingerprint density at radius 1 is 1.26 bits per heavy atom. The number of rotatable bonds is 4. The highest BCUT2D eigenvalue weighted by Crippen LogP contribution is 2.32. The fourth-order valence-corrected chi connectivity index (χ4v) is 3.70. The van der Waals surface area contributed by atoms with E-state index in [0.717, 1.165) is 23.9 Å². The van der Waals surface area contributed by atoms with Crippen molar-refractivity contribution in [3.63, 3.8) is 0 Å². The van der Waals surface area contributed by atoms with Gasteiger partial charge in [0.15, 0.2) is 6.61 Å². The van der Waals surface area contributed by atoms with E-state index in [4.69, 9.17) is 16.3 Å². The first-order valence-corrected chi connectivity index (χ1v) is 8.74. The van der Waals surface area contributed by atoms with Crippen LogP contribution in [-0.2, 0) is 4.79 Å². The monoisotopic (exact) mass is 393 g/mol. The molecule has 0 aliphatic carbocycles. The van der Waals surface area contributed by atoms with Gasteiger partial charge in [-0.05, 0) is 52.5 Å². The Morgan fingerprint density at radius 2 is 2.04 bits per heavy atom. The number of hydrogen-bond acceptors (Lipinski definition) is 2. The van der Waals surface area contributed by atoms with E-state index in [1.807, 2.05) is 23.1 Å². The van der Waals surface area contributed by atoms with Gasteiger partial charge in [0.25, 0.3) is 5.91 Å². The maximum absolute atomic E-state index is 12.5.